The van der Waals surface area contributed by atoms with E-state index in [-0.39, 0.29) is 0 Å². The van der Waals surface area contributed by atoms with Crippen molar-refractivity contribution in [3.8, 4) is 0 Å². The molecule has 0 amide bonds. The lowest BCUT2D eigenvalue weighted by Gasteiger charge is -2.23. The maximum absolute atomic E-state index is 12.8. The summed E-state index contributed by atoms with van der Waals surface area (Å²) >= 11 is 0. The van der Waals surface area contributed by atoms with E-state index in [1.165, 1.54) is 6.20 Å². The monoisotopic (exact) mass is 302 g/mol. The Hall–Kier alpha value is -1.34. The summed E-state index contributed by atoms with van der Waals surface area (Å²) in [7, 11) is 0. The first-order chi connectivity index (χ1) is 10.0. The number of rotatable bonds is 4. The van der Waals surface area contributed by atoms with E-state index >= 15 is 0 Å². The topological polar surface area (TPSA) is 45.4 Å². The molecule has 118 valence electrons. The van der Waals surface area contributed by atoms with Crippen LogP contribution >= 0.6 is 0 Å². The van der Waals surface area contributed by atoms with Gasteiger partial charge in [-0.2, -0.15) is 13.2 Å². The van der Waals surface area contributed by atoms with Crippen molar-refractivity contribution in [2.24, 2.45) is 5.73 Å². The molecule has 0 unspecified atom stereocenters. The van der Waals surface area contributed by atoms with Gasteiger partial charge in [0.15, 0.2) is 0 Å². The maximum Gasteiger partial charge on any atom is 0.416 e. The summed E-state index contributed by atoms with van der Waals surface area (Å²) in [5.41, 5.74) is 4.86. The molecular formula is C14H21F3N4. The standard InChI is InChI=1S/C14H21F3N4/c15-14(16,17)12-3-5-19-13(11-12)21-8-2-7-20(9-10-21)6-1-4-18/h3,5,11H,1-2,4,6-10,18H2. The highest BCUT2D eigenvalue weighted by atomic mass is 19.4. The van der Waals surface area contributed by atoms with Gasteiger partial charge < -0.3 is 15.5 Å². The first-order valence-electron chi connectivity index (χ1n) is 7.21. The van der Waals surface area contributed by atoms with Crippen LogP contribution in [0.5, 0.6) is 0 Å². The van der Waals surface area contributed by atoms with Gasteiger partial charge in [0.25, 0.3) is 0 Å². The summed E-state index contributed by atoms with van der Waals surface area (Å²) in [5, 5.41) is 0. The minimum absolute atomic E-state index is 0.408. The van der Waals surface area contributed by atoms with Crippen molar-refractivity contribution in [3.63, 3.8) is 0 Å². The highest BCUT2D eigenvalue weighted by molar-refractivity contribution is 5.42. The van der Waals surface area contributed by atoms with Gasteiger partial charge in [0, 0.05) is 25.8 Å². The van der Waals surface area contributed by atoms with E-state index in [1.807, 2.05) is 4.90 Å². The number of alkyl halides is 3. The molecule has 0 saturated carbocycles. The van der Waals surface area contributed by atoms with Gasteiger partial charge in [-0.25, -0.2) is 4.98 Å². The molecule has 7 heteroatoms. The first-order valence-corrected chi connectivity index (χ1v) is 7.21. The number of hydrogen-bond donors (Lipinski definition) is 1. The summed E-state index contributed by atoms with van der Waals surface area (Å²) in [4.78, 5) is 8.33. The lowest BCUT2D eigenvalue weighted by atomic mass is 10.2. The zero-order chi connectivity index (χ0) is 15.3. The number of pyridine rings is 1. The van der Waals surface area contributed by atoms with Gasteiger partial charge in [0.05, 0.1) is 5.56 Å². The van der Waals surface area contributed by atoms with Crippen molar-refractivity contribution < 1.29 is 13.2 Å². The zero-order valence-corrected chi connectivity index (χ0v) is 11.9. The molecule has 1 aliphatic rings. The minimum Gasteiger partial charge on any atom is -0.355 e. The average molecular weight is 302 g/mol. The minimum atomic E-state index is -4.32. The SMILES string of the molecule is NCCCN1CCCN(c2cc(C(F)(F)F)ccn2)CC1. The number of aromatic nitrogens is 1. The van der Waals surface area contributed by atoms with Crippen LogP contribution in [0.15, 0.2) is 18.3 Å². The highest BCUT2D eigenvalue weighted by Crippen LogP contribution is 2.30. The summed E-state index contributed by atoms with van der Waals surface area (Å²) in [5.74, 6) is 0.408. The Morgan fingerprint density at radius 1 is 1.19 bits per heavy atom. The van der Waals surface area contributed by atoms with Crippen LogP contribution in [0.3, 0.4) is 0 Å². The third-order valence-corrected chi connectivity index (χ3v) is 3.66. The van der Waals surface area contributed by atoms with Crippen LogP contribution in [0, 0.1) is 0 Å². The van der Waals surface area contributed by atoms with Gasteiger partial charge in [0.1, 0.15) is 5.82 Å². The van der Waals surface area contributed by atoms with Gasteiger partial charge >= 0.3 is 6.18 Å². The van der Waals surface area contributed by atoms with Gasteiger partial charge in [-0.05, 0) is 44.6 Å². The van der Waals surface area contributed by atoms with Crippen molar-refractivity contribution in [2.75, 3.05) is 44.2 Å². The van der Waals surface area contributed by atoms with Crippen molar-refractivity contribution in [3.05, 3.63) is 23.9 Å². The molecule has 1 aromatic rings. The number of nitrogens with two attached hydrogens (primary N) is 1. The van der Waals surface area contributed by atoms with E-state index in [9.17, 15) is 13.2 Å². The Morgan fingerprint density at radius 2 is 2.00 bits per heavy atom. The Morgan fingerprint density at radius 3 is 2.71 bits per heavy atom. The van der Waals surface area contributed by atoms with Crippen molar-refractivity contribution >= 4 is 5.82 Å². The van der Waals surface area contributed by atoms with Gasteiger partial charge in [-0.3, -0.25) is 0 Å². The lowest BCUT2D eigenvalue weighted by molar-refractivity contribution is -0.137. The summed E-state index contributed by atoms with van der Waals surface area (Å²) in [6.07, 6.45) is -1.23. The molecule has 2 heterocycles. The van der Waals surface area contributed by atoms with Gasteiger partial charge in [-0.15, -0.1) is 0 Å². The summed E-state index contributed by atoms with van der Waals surface area (Å²) in [6.45, 7) is 4.81. The molecule has 21 heavy (non-hydrogen) atoms. The van der Waals surface area contributed by atoms with E-state index in [4.69, 9.17) is 5.73 Å². The number of nitrogens with zero attached hydrogens (tertiary/aromatic N) is 3. The third kappa shape index (κ3) is 4.57. The van der Waals surface area contributed by atoms with Crippen molar-refractivity contribution in [1.29, 1.82) is 0 Å². The quantitative estimate of drug-likeness (QED) is 0.923. The second-order valence-electron chi connectivity index (χ2n) is 5.22. The molecule has 0 bridgehead atoms. The van der Waals surface area contributed by atoms with Crippen LogP contribution < -0.4 is 10.6 Å². The van der Waals surface area contributed by atoms with E-state index in [2.05, 4.69) is 9.88 Å². The van der Waals surface area contributed by atoms with Crippen LogP contribution in [0.1, 0.15) is 18.4 Å². The largest absolute Gasteiger partial charge is 0.416 e. The van der Waals surface area contributed by atoms with Crippen LogP contribution in [-0.4, -0.2) is 49.2 Å². The molecule has 0 aliphatic carbocycles. The molecule has 0 radical (unpaired) electrons. The zero-order valence-electron chi connectivity index (χ0n) is 11.9. The van der Waals surface area contributed by atoms with Crippen LogP contribution in [0.4, 0.5) is 19.0 Å². The smallest absolute Gasteiger partial charge is 0.355 e. The molecule has 0 spiro atoms. The predicted octanol–water partition coefficient (Wildman–Crippen LogP) is 1.96. The Balaban J connectivity index is 2.02. The predicted molar refractivity (Wildman–Crippen MR) is 76.2 cm³/mol. The second-order valence-corrected chi connectivity index (χ2v) is 5.22. The summed E-state index contributed by atoms with van der Waals surface area (Å²) < 4.78 is 38.3. The van der Waals surface area contributed by atoms with Crippen molar-refractivity contribution in [2.45, 2.75) is 19.0 Å². The Labute approximate surface area is 122 Å². The number of halogens is 3. The van der Waals surface area contributed by atoms with Crippen LogP contribution in [0.2, 0.25) is 0 Å². The van der Waals surface area contributed by atoms with E-state index in [0.29, 0.717) is 18.9 Å². The molecule has 0 aromatic carbocycles. The molecule has 0 atom stereocenters. The highest BCUT2D eigenvalue weighted by Gasteiger charge is 2.31. The van der Waals surface area contributed by atoms with Crippen LogP contribution in [-0.2, 0) is 6.18 Å². The van der Waals surface area contributed by atoms with E-state index < -0.39 is 11.7 Å². The fourth-order valence-corrected chi connectivity index (χ4v) is 2.51. The first kappa shape index (κ1) is 16.0. The Kier molecular flexibility index (Phi) is 5.41. The van der Waals surface area contributed by atoms with Crippen molar-refractivity contribution in [1.82, 2.24) is 9.88 Å². The number of anilines is 1. The molecule has 1 aromatic heterocycles. The molecule has 1 aliphatic heterocycles. The second kappa shape index (κ2) is 7.09. The summed E-state index contributed by atoms with van der Waals surface area (Å²) in [6, 6.07) is 2.14. The normalized spacial score (nSPS) is 17.8. The molecule has 1 saturated heterocycles. The Bertz CT molecular complexity index is 450. The molecule has 2 N–H and O–H groups in total. The van der Waals surface area contributed by atoms with Crippen LogP contribution in [0.25, 0.3) is 0 Å². The van der Waals surface area contributed by atoms with Gasteiger partial charge in [0.2, 0.25) is 0 Å². The van der Waals surface area contributed by atoms with Gasteiger partial charge in [-0.1, -0.05) is 0 Å². The lowest BCUT2D eigenvalue weighted by Crippen LogP contribution is -2.32. The molecular weight excluding hydrogens is 281 g/mol. The average Bonchev–Trinajstić information content (AvgIpc) is 2.70. The molecule has 1 fully saturated rings. The molecule has 2 rings (SSSR count). The fraction of sp³-hybridized carbons (Fsp3) is 0.643. The fourth-order valence-electron chi connectivity index (χ4n) is 2.51. The molecule has 4 nitrogen and oxygen atoms in total. The van der Waals surface area contributed by atoms with E-state index in [1.54, 1.807) is 0 Å². The maximum atomic E-state index is 12.8. The van der Waals surface area contributed by atoms with E-state index in [0.717, 1.165) is 51.2 Å². The number of hydrogen-bond acceptors (Lipinski definition) is 4. The third-order valence-electron chi connectivity index (χ3n) is 3.66.